The molecule has 0 aliphatic rings. The van der Waals surface area contributed by atoms with Crippen LogP contribution in [-0.4, -0.2) is 33.7 Å². The minimum atomic E-state index is -3.41. The lowest BCUT2D eigenvalue weighted by Gasteiger charge is -2.22. The van der Waals surface area contributed by atoms with Crippen molar-refractivity contribution in [2.24, 2.45) is 0 Å². The van der Waals surface area contributed by atoms with E-state index in [1.165, 1.54) is 10.6 Å². The molecule has 0 atom stereocenters. The zero-order valence-electron chi connectivity index (χ0n) is 15.3. The van der Waals surface area contributed by atoms with Crippen LogP contribution in [0.1, 0.15) is 24.5 Å². The van der Waals surface area contributed by atoms with Gasteiger partial charge in [0, 0.05) is 13.0 Å². The lowest BCUT2D eigenvalue weighted by atomic mass is 10.1. The average Bonchev–Trinajstić information content (AvgIpc) is 2.63. The third-order valence-electron chi connectivity index (χ3n) is 4.15. The van der Waals surface area contributed by atoms with E-state index < -0.39 is 10.0 Å². The summed E-state index contributed by atoms with van der Waals surface area (Å²) in [6.07, 6.45) is 3.13. The highest BCUT2D eigenvalue weighted by Crippen LogP contribution is 2.18. The predicted molar refractivity (Wildman–Crippen MR) is 106 cm³/mol. The largest absolute Gasteiger partial charge is 0.354 e. The first-order chi connectivity index (χ1) is 12.4. The summed E-state index contributed by atoms with van der Waals surface area (Å²) in [6.45, 7) is 2.53. The van der Waals surface area contributed by atoms with Crippen molar-refractivity contribution in [3.05, 3.63) is 65.7 Å². The molecule has 6 heteroatoms. The number of carbonyl (C=O) groups is 1. The minimum absolute atomic E-state index is 0.0800. The second-order valence-electron chi connectivity index (χ2n) is 6.19. The van der Waals surface area contributed by atoms with E-state index in [2.05, 4.69) is 5.32 Å². The third kappa shape index (κ3) is 6.19. The van der Waals surface area contributed by atoms with Crippen LogP contribution >= 0.6 is 0 Å². The summed E-state index contributed by atoms with van der Waals surface area (Å²) >= 11 is 0. The van der Waals surface area contributed by atoms with Gasteiger partial charge < -0.3 is 5.32 Å². The van der Waals surface area contributed by atoms with Gasteiger partial charge in [-0.25, -0.2) is 8.42 Å². The molecule has 0 radical (unpaired) electrons. The number of benzene rings is 2. The maximum atomic E-state index is 12.1. The Balaban J connectivity index is 1.88. The van der Waals surface area contributed by atoms with Crippen molar-refractivity contribution in [1.29, 1.82) is 0 Å². The summed E-state index contributed by atoms with van der Waals surface area (Å²) in [7, 11) is -3.41. The van der Waals surface area contributed by atoms with Crippen LogP contribution < -0.4 is 9.62 Å². The molecule has 2 aromatic rings. The monoisotopic (exact) mass is 374 g/mol. The Morgan fingerprint density at radius 3 is 2.23 bits per heavy atom. The molecule has 1 amide bonds. The summed E-state index contributed by atoms with van der Waals surface area (Å²) in [4.78, 5) is 12.0. The Morgan fingerprint density at radius 2 is 1.65 bits per heavy atom. The summed E-state index contributed by atoms with van der Waals surface area (Å²) in [5.41, 5.74) is 2.87. The lowest BCUT2D eigenvalue weighted by Crippen LogP contribution is -2.38. The fourth-order valence-electron chi connectivity index (χ4n) is 2.67. The second-order valence-corrected chi connectivity index (χ2v) is 8.10. The molecule has 0 aromatic heterocycles. The lowest BCUT2D eigenvalue weighted by molar-refractivity contribution is -0.120. The van der Waals surface area contributed by atoms with Crippen LogP contribution in [-0.2, 0) is 27.7 Å². The smallest absolute Gasteiger partial charge is 0.232 e. The Bertz CT molecular complexity index is 803. The van der Waals surface area contributed by atoms with Gasteiger partial charge in [0.1, 0.15) is 0 Å². The predicted octanol–water partition coefficient (Wildman–Crippen LogP) is 2.76. The summed E-state index contributed by atoms with van der Waals surface area (Å²) < 4.78 is 25.5. The van der Waals surface area contributed by atoms with E-state index in [1.807, 2.05) is 49.4 Å². The number of sulfonamides is 1. The summed E-state index contributed by atoms with van der Waals surface area (Å²) in [5.74, 6) is -0.0800. The van der Waals surface area contributed by atoms with Gasteiger partial charge in [-0.15, -0.1) is 0 Å². The molecule has 0 fully saturated rings. The average molecular weight is 375 g/mol. The van der Waals surface area contributed by atoms with Gasteiger partial charge >= 0.3 is 0 Å². The topological polar surface area (TPSA) is 66.5 Å². The first-order valence-corrected chi connectivity index (χ1v) is 10.6. The van der Waals surface area contributed by atoms with Gasteiger partial charge in [-0.05, 0) is 36.1 Å². The quantitative estimate of drug-likeness (QED) is 0.734. The normalized spacial score (nSPS) is 11.2. The van der Waals surface area contributed by atoms with E-state index in [0.717, 1.165) is 17.5 Å². The van der Waals surface area contributed by atoms with E-state index >= 15 is 0 Å². The van der Waals surface area contributed by atoms with E-state index in [9.17, 15) is 13.2 Å². The van der Waals surface area contributed by atoms with E-state index in [4.69, 9.17) is 0 Å². The summed E-state index contributed by atoms with van der Waals surface area (Å²) in [5, 5.41) is 2.80. The molecule has 140 valence electrons. The fraction of sp³-hybridized carbons (Fsp3) is 0.350. The maximum Gasteiger partial charge on any atom is 0.232 e. The molecule has 0 saturated heterocycles. The first kappa shape index (κ1) is 20.0. The molecule has 2 rings (SSSR count). The van der Waals surface area contributed by atoms with Gasteiger partial charge in [0.15, 0.2) is 0 Å². The molecule has 2 aromatic carbocycles. The van der Waals surface area contributed by atoms with Crippen LogP contribution in [0.15, 0.2) is 54.6 Å². The highest BCUT2D eigenvalue weighted by molar-refractivity contribution is 7.92. The zero-order chi connectivity index (χ0) is 19.0. The zero-order valence-corrected chi connectivity index (χ0v) is 16.1. The molecule has 0 bridgehead atoms. The number of amides is 1. The number of aryl methyl sites for hydroxylation is 2. The Labute approximate surface area is 156 Å². The van der Waals surface area contributed by atoms with Gasteiger partial charge in [0.25, 0.3) is 0 Å². The third-order valence-corrected chi connectivity index (χ3v) is 5.35. The standard InChI is InChI=1S/C20H26N2O3S/c1-3-17-9-12-19(13-10-17)22(26(2,24)25)16-15-21-20(23)14-11-18-7-5-4-6-8-18/h4-10,12-13H,3,11,14-16H2,1-2H3,(H,21,23). The van der Waals surface area contributed by atoms with Crippen LogP contribution in [0, 0.1) is 0 Å². The van der Waals surface area contributed by atoms with Gasteiger partial charge in [0.2, 0.25) is 15.9 Å². The van der Waals surface area contributed by atoms with E-state index in [-0.39, 0.29) is 19.0 Å². The number of hydrogen-bond acceptors (Lipinski definition) is 3. The van der Waals surface area contributed by atoms with Crippen LogP contribution in [0.4, 0.5) is 5.69 Å². The number of anilines is 1. The van der Waals surface area contributed by atoms with Gasteiger partial charge in [-0.2, -0.15) is 0 Å². The van der Waals surface area contributed by atoms with E-state index in [0.29, 0.717) is 18.5 Å². The van der Waals surface area contributed by atoms with Crippen LogP contribution in [0.3, 0.4) is 0 Å². The molecule has 0 saturated carbocycles. The van der Waals surface area contributed by atoms with Crippen molar-refractivity contribution >= 4 is 21.6 Å². The molecule has 0 aliphatic carbocycles. The summed E-state index contributed by atoms with van der Waals surface area (Å²) in [6, 6.07) is 17.3. The molecule has 1 N–H and O–H groups in total. The fourth-order valence-corrected chi connectivity index (χ4v) is 3.60. The van der Waals surface area contributed by atoms with Gasteiger partial charge in [-0.3, -0.25) is 9.10 Å². The van der Waals surface area contributed by atoms with Gasteiger partial charge in [0.05, 0.1) is 18.5 Å². The van der Waals surface area contributed by atoms with Crippen LogP contribution in [0.5, 0.6) is 0 Å². The molecule has 26 heavy (non-hydrogen) atoms. The molecule has 0 heterocycles. The van der Waals surface area contributed by atoms with Crippen LogP contribution in [0.2, 0.25) is 0 Å². The van der Waals surface area contributed by atoms with Crippen molar-refractivity contribution in [3.63, 3.8) is 0 Å². The Morgan fingerprint density at radius 1 is 1.00 bits per heavy atom. The molecule has 0 aliphatic heterocycles. The van der Waals surface area contributed by atoms with Crippen molar-refractivity contribution in [3.8, 4) is 0 Å². The highest BCUT2D eigenvalue weighted by atomic mass is 32.2. The van der Waals surface area contributed by atoms with Crippen molar-refractivity contribution in [1.82, 2.24) is 5.32 Å². The molecular formula is C20H26N2O3S. The molecule has 0 unspecified atom stereocenters. The number of hydrogen-bond donors (Lipinski definition) is 1. The highest BCUT2D eigenvalue weighted by Gasteiger charge is 2.17. The van der Waals surface area contributed by atoms with Crippen molar-refractivity contribution in [2.45, 2.75) is 26.2 Å². The van der Waals surface area contributed by atoms with Crippen LogP contribution in [0.25, 0.3) is 0 Å². The van der Waals surface area contributed by atoms with Crippen molar-refractivity contribution < 1.29 is 13.2 Å². The minimum Gasteiger partial charge on any atom is -0.354 e. The Kier molecular flexibility index (Phi) is 7.21. The number of rotatable bonds is 9. The SMILES string of the molecule is CCc1ccc(N(CCNC(=O)CCc2ccccc2)S(C)(=O)=O)cc1. The first-order valence-electron chi connectivity index (χ1n) is 8.77. The number of nitrogens with one attached hydrogen (secondary N) is 1. The number of nitrogens with zero attached hydrogens (tertiary/aromatic N) is 1. The second kappa shape index (κ2) is 9.38. The Hall–Kier alpha value is -2.34. The number of carbonyl (C=O) groups excluding carboxylic acids is 1. The molecule has 0 spiro atoms. The molecule has 5 nitrogen and oxygen atoms in total. The van der Waals surface area contributed by atoms with Crippen molar-refractivity contribution in [2.75, 3.05) is 23.7 Å². The maximum absolute atomic E-state index is 12.1. The molecular weight excluding hydrogens is 348 g/mol. The van der Waals surface area contributed by atoms with E-state index in [1.54, 1.807) is 12.1 Å². The van der Waals surface area contributed by atoms with Gasteiger partial charge in [-0.1, -0.05) is 49.4 Å².